The molecule has 0 saturated carbocycles. The zero-order valence-corrected chi connectivity index (χ0v) is 17.7. The first-order valence-corrected chi connectivity index (χ1v) is 10.1. The highest BCUT2D eigenvalue weighted by molar-refractivity contribution is 6.36. The van der Waals surface area contributed by atoms with Crippen LogP contribution in [0.5, 0.6) is 11.5 Å². The summed E-state index contributed by atoms with van der Waals surface area (Å²) in [5, 5.41) is 11.8. The van der Waals surface area contributed by atoms with Gasteiger partial charge in [0.2, 0.25) is 0 Å². The smallest absolute Gasteiger partial charge is 0.396 e. The van der Waals surface area contributed by atoms with Gasteiger partial charge in [-0.05, 0) is 37.0 Å². The van der Waals surface area contributed by atoms with Crippen molar-refractivity contribution in [1.29, 1.82) is 0 Å². The molecule has 1 aliphatic heterocycles. The molecule has 0 atom stereocenters. The topological polar surface area (TPSA) is 64.8 Å². The predicted octanol–water partition coefficient (Wildman–Crippen LogP) is 4.28. The number of ether oxygens (including phenoxy) is 2. The van der Waals surface area contributed by atoms with Crippen molar-refractivity contribution in [3.8, 4) is 11.5 Å². The zero-order valence-electron chi connectivity index (χ0n) is 17.0. The summed E-state index contributed by atoms with van der Waals surface area (Å²) in [5.74, 6) is 1.58. The van der Waals surface area contributed by atoms with Gasteiger partial charge in [0.05, 0.1) is 26.1 Å². The normalized spacial score (nSPS) is 15.5. The molecular formula is C20H21ClF3N5O2. The van der Waals surface area contributed by atoms with Gasteiger partial charge >= 0.3 is 6.18 Å². The van der Waals surface area contributed by atoms with Crippen LogP contribution in [0.1, 0.15) is 30.1 Å². The minimum absolute atomic E-state index is 0.120. The van der Waals surface area contributed by atoms with Crippen LogP contribution in [0.3, 0.4) is 0 Å². The van der Waals surface area contributed by atoms with E-state index in [9.17, 15) is 13.2 Å². The second-order valence-electron chi connectivity index (χ2n) is 7.36. The fourth-order valence-electron chi connectivity index (χ4n) is 3.95. The van der Waals surface area contributed by atoms with Gasteiger partial charge in [0.15, 0.2) is 11.5 Å². The highest BCUT2D eigenvalue weighted by atomic mass is 35.5. The second kappa shape index (κ2) is 8.41. The largest absolute Gasteiger partial charge is 0.497 e. The molecule has 31 heavy (non-hydrogen) atoms. The van der Waals surface area contributed by atoms with Gasteiger partial charge in [0.25, 0.3) is 0 Å². The Balaban J connectivity index is 1.53. The van der Waals surface area contributed by atoms with Crippen LogP contribution in [0.2, 0.25) is 5.02 Å². The van der Waals surface area contributed by atoms with Gasteiger partial charge in [0.1, 0.15) is 22.9 Å². The Morgan fingerprint density at radius 1 is 1.13 bits per heavy atom. The average Bonchev–Trinajstić information content (AvgIpc) is 3.15. The Morgan fingerprint density at radius 2 is 1.87 bits per heavy atom. The number of benzene rings is 1. The second-order valence-corrected chi connectivity index (χ2v) is 7.73. The van der Waals surface area contributed by atoms with Gasteiger partial charge in [-0.1, -0.05) is 11.6 Å². The van der Waals surface area contributed by atoms with E-state index in [1.165, 1.54) is 6.20 Å². The van der Waals surface area contributed by atoms with Gasteiger partial charge in [0, 0.05) is 18.7 Å². The van der Waals surface area contributed by atoms with E-state index in [2.05, 4.69) is 20.2 Å². The molecule has 0 radical (unpaired) electrons. The summed E-state index contributed by atoms with van der Waals surface area (Å²) >= 11 is 6.48. The van der Waals surface area contributed by atoms with Crippen LogP contribution < -0.4 is 14.4 Å². The molecule has 4 rings (SSSR count). The first-order valence-electron chi connectivity index (χ1n) is 9.73. The summed E-state index contributed by atoms with van der Waals surface area (Å²) in [6.07, 6.45) is -2.46. The number of nitrogens with zero attached hydrogens (tertiary/aromatic N) is 5. The zero-order chi connectivity index (χ0) is 22.2. The van der Waals surface area contributed by atoms with E-state index in [1.807, 2.05) is 18.2 Å². The van der Waals surface area contributed by atoms with Crippen LogP contribution in [-0.4, -0.2) is 53.3 Å². The number of piperidine rings is 1. The van der Waals surface area contributed by atoms with Crippen LogP contribution in [0.15, 0.2) is 24.4 Å². The average molecular weight is 456 g/mol. The Hall–Kier alpha value is -2.75. The lowest BCUT2D eigenvalue weighted by atomic mass is 9.88. The third-order valence-electron chi connectivity index (χ3n) is 5.49. The van der Waals surface area contributed by atoms with Gasteiger partial charge < -0.3 is 14.4 Å². The van der Waals surface area contributed by atoms with Crippen molar-refractivity contribution in [2.24, 2.45) is 0 Å². The third-order valence-corrected chi connectivity index (χ3v) is 5.86. The minimum Gasteiger partial charge on any atom is -0.497 e. The molecule has 7 nitrogen and oxygen atoms in total. The highest BCUT2D eigenvalue weighted by Gasteiger charge is 2.32. The number of alkyl halides is 3. The lowest BCUT2D eigenvalue weighted by molar-refractivity contribution is -0.128. The lowest BCUT2D eigenvalue weighted by Gasteiger charge is -2.34. The van der Waals surface area contributed by atoms with E-state index in [-0.39, 0.29) is 22.4 Å². The van der Waals surface area contributed by atoms with Crippen LogP contribution >= 0.6 is 11.6 Å². The van der Waals surface area contributed by atoms with E-state index < -0.39 is 12.6 Å². The molecule has 0 N–H and O–H groups in total. The summed E-state index contributed by atoms with van der Waals surface area (Å²) in [6, 6.07) is 5.76. The maximum Gasteiger partial charge on any atom is 0.396 e. The Morgan fingerprint density at radius 3 is 2.52 bits per heavy atom. The summed E-state index contributed by atoms with van der Waals surface area (Å²) in [6.45, 7) is 1.40. The first kappa shape index (κ1) is 21.5. The molecule has 1 aliphatic rings. The summed E-state index contributed by atoms with van der Waals surface area (Å²) in [4.78, 5) is 2.07. The molecule has 0 spiro atoms. The van der Waals surface area contributed by atoms with E-state index in [0.29, 0.717) is 18.8 Å². The molecule has 2 aromatic heterocycles. The number of aromatic nitrogens is 4. The van der Waals surface area contributed by atoms with Crippen molar-refractivity contribution < 1.29 is 22.6 Å². The molecule has 166 valence electrons. The molecule has 0 amide bonds. The van der Waals surface area contributed by atoms with Crippen molar-refractivity contribution in [3.05, 3.63) is 40.8 Å². The number of rotatable bonds is 5. The van der Waals surface area contributed by atoms with Gasteiger partial charge in [-0.15, -0.1) is 10.2 Å². The van der Waals surface area contributed by atoms with E-state index in [1.54, 1.807) is 14.2 Å². The molecule has 1 aromatic carbocycles. The van der Waals surface area contributed by atoms with Crippen LogP contribution in [0, 0.1) is 0 Å². The molecule has 1 saturated heterocycles. The summed E-state index contributed by atoms with van der Waals surface area (Å²) in [7, 11) is 3.27. The minimum atomic E-state index is -4.40. The molecule has 0 unspecified atom stereocenters. The molecule has 0 aliphatic carbocycles. The highest BCUT2D eigenvalue weighted by Crippen LogP contribution is 2.39. The fourth-order valence-corrected chi connectivity index (χ4v) is 4.24. The molecular weight excluding hydrogens is 435 g/mol. The lowest BCUT2D eigenvalue weighted by Crippen LogP contribution is -2.33. The Bertz CT molecular complexity index is 1080. The number of hydrogen-bond donors (Lipinski definition) is 0. The fraction of sp³-hybridized carbons (Fsp3) is 0.450. The van der Waals surface area contributed by atoms with E-state index in [0.717, 1.165) is 34.4 Å². The summed E-state index contributed by atoms with van der Waals surface area (Å²) in [5.41, 5.74) is 1.85. The van der Waals surface area contributed by atoms with Crippen LogP contribution in [0.4, 0.5) is 18.9 Å². The standard InChI is InChI=1S/C20H21ClF3N5O2/c1-30-13-3-4-16(31-2)14(9-13)12-5-7-28(8-6-12)15-11-25-29-17(10-20(22,23)24)26-27-19(29)18(15)21/h3-4,9,11-12H,5-8,10H2,1-2H3. The predicted molar refractivity (Wildman–Crippen MR) is 109 cm³/mol. The maximum atomic E-state index is 12.7. The van der Waals surface area contributed by atoms with E-state index >= 15 is 0 Å². The number of anilines is 1. The SMILES string of the molecule is COc1ccc(OC)c(C2CCN(c3cnn4c(CC(F)(F)F)nnc4c3Cl)CC2)c1. The van der Waals surface area contributed by atoms with Gasteiger partial charge in [-0.25, -0.2) is 0 Å². The molecule has 11 heteroatoms. The monoisotopic (exact) mass is 455 g/mol. The summed E-state index contributed by atoms with van der Waals surface area (Å²) < 4.78 is 50.1. The van der Waals surface area contributed by atoms with Gasteiger partial charge in [-0.3, -0.25) is 0 Å². The van der Waals surface area contributed by atoms with Crippen molar-refractivity contribution in [3.63, 3.8) is 0 Å². The number of hydrogen-bond acceptors (Lipinski definition) is 6. The first-order chi connectivity index (χ1) is 14.8. The van der Waals surface area contributed by atoms with Crippen molar-refractivity contribution in [2.45, 2.75) is 31.4 Å². The maximum absolute atomic E-state index is 12.7. The molecule has 1 fully saturated rings. The van der Waals surface area contributed by atoms with Gasteiger partial charge in [-0.2, -0.15) is 22.8 Å². The Kier molecular flexibility index (Phi) is 5.83. The van der Waals surface area contributed by atoms with Crippen molar-refractivity contribution in [1.82, 2.24) is 19.8 Å². The number of halogens is 4. The van der Waals surface area contributed by atoms with Crippen molar-refractivity contribution >= 4 is 22.9 Å². The number of fused-ring (bicyclic) bond motifs is 1. The van der Waals surface area contributed by atoms with Crippen molar-refractivity contribution in [2.75, 3.05) is 32.2 Å². The van der Waals surface area contributed by atoms with Crippen LogP contribution in [-0.2, 0) is 6.42 Å². The molecule has 0 bridgehead atoms. The Labute approximate surface area is 181 Å². The quantitative estimate of drug-likeness (QED) is 0.572. The van der Waals surface area contributed by atoms with E-state index in [4.69, 9.17) is 21.1 Å². The third kappa shape index (κ3) is 4.34. The van der Waals surface area contributed by atoms with Crippen LogP contribution in [0.25, 0.3) is 5.65 Å². The number of methoxy groups -OCH3 is 2. The molecule has 3 aromatic rings. The molecule has 3 heterocycles.